The summed E-state index contributed by atoms with van der Waals surface area (Å²) in [5.41, 5.74) is 0.601. The van der Waals surface area contributed by atoms with Crippen molar-refractivity contribution in [3.63, 3.8) is 0 Å². The van der Waals surface area contributed by atoms with Gasteiger partial charge in [0.2, 0.25) is 0 Å². The number of carboxylic acid groups (broad SMARTS) is 1. The monoisotopic (exact) mass is 360 g/mol. The van der Waals surface area contributed by atoms with Crippen molar-refractivity contribution < 1.29 is 14.7 Å². The summed E-state index contributed by atoms with van der Waals surface area (Å²) in [6.07, 6.45) is 0.821. The molecule has 1 aliphatic rings. The van der Waals surface area contributed by atoms with E-state index in [1.807, 2.05) is 0 Å². The van der Waals surface area contributed by atoms with Crippen LogP contribution in [0, 0.1) is 5.92 Å². The van der Waals surface area contributed by atoms with Crippen LogP contribution in [0.2, 0.25) is 5.02 Å². The Labute approximate surface area is 130 Å². The lowest BCUT2D eigenvalue weighted by Gasteiger charge is -2.18. The highest BCUT2D eigenvalue weighted by atomic mass is 79.9. The first-order valence-electron chi connectivity index (χ1n) is 6.19. The maximum atomic E-state index is 12.1. The number of nitrogens with one attached hydrogen (secondary N) is 1. The molecule has 1 unspecified atom stereocenters. The number of carboxylic acids is 1. The van der Waals surface area contributed by atoms with E-state index in [1.54, 1.807) is 23.1 Å². The summed E-state index contributed by atoms with van der Waals surface area (Å²) >= 11 is 9.28. The van der Waals surface area contributed by atoms with Gasteiger partial charge < -0.3 is 15.3 Å². The molecule has 2 amide bonds. The fraction of sp³-hybridized carbons (Fsp3) is 0.385. The van der Waals surface area contributed by atoms with E-state index in [1.165, 1.54) is 0 Å². The average molecular weight is 362 g/mol. The molecular weight excluding hydrogens is 348 g/mol. The van der Waals surface area contributed by atoms with E-state index in [2.05, 4.69) is 21.2 Å². The number of hydrogen-bond donors (Lipinski definition) is 2. The minimum atomic E-state index is -0.824. The van der Waals surface area contributed by atoms with E-state index >= 15 is 0 Å². The first kappa shape index (κ1) is 15.1. The number of carbonyl (C=O) groups excluding carboxylic acids is 1. The van der Waals surface area contributed by atoms with Crippen molar-refractivity contribution in [2.24, 2.45) is 5.92 Å². The molecule has 2 rings (SSSR count). The topological polar surface area (TPSA) is 69.6 Å². The molecule has 2 N–H and O–H groups in total. The van der Waals surface area contributed by atoms with E-state index in [0.717, 1.165) is 6.42 Å². The summed E-state index contributed by atoms with van der Waals surface area (Å²) in [6, 6.07) is 4.99. The van der Waals surface area contributed by atoms with Crippen LogP contribution in [0.15, 0.2) is 22.7 Å². The number of rotatable bonds is 3. The van der Waals surface area contributed by atoms with Crippen LogP contribution in [0.4, 0.5) is 10.5 Å². The van der Waals surface area contributed by atoms with Gasteiger partial charge in [0.25, 0.3) is 0 Å². The molecule has 0 radical (unpaired) electrons. The zero-order valence-electron chi connectivity index (χ0n) is 10.6. The Kier molecular flexibility index (Phi) is 4.88. The molecule has 20 heavy (non-hydrogen) atoms. The number of hydrogen-bond acceptors (Lipinski definition) is 2. The van der Waals surface area contributed by atoms with Crippen molar-refractivity contribution in [1.29, 1.82) is 0 Å². The highest BCUT2D eigenvalue weighted by molar-refractivity contribution is 9.10. The maximum Gasteiger partial charge on any atom is 0.321 e. The third-order valence-electron chi connectivity index (χ3n) is 3.23. The van der Waals surface area contributed by atoms with E-state index < -0.39 is 5.97 Å². The van der Waals surface area contributed by atoms with Crippen molar-refractivity contribution in [1.82, 2.24) is 4.90 Å². The molecule has 0 aromatic heterocycles. The van der Waals surface area contributed by atoms with Gasteiger partial charge in [-0.25, -0.2) is 4.79 Å². The minimum Gasteiger partial charge on any atom is -0.481 e. The van der Waals surface area contributed by atoms with Gasteiger partial charge in [-0.05, 0) is 40.4 Å². The Morgan fingerprint density at radius 2 is 2.25 bits per heavy atom. The van der Waals surface area contributed by atoms with Crippen LogP contribution in [0.5, 0.6) is 0 Å². The lowest BCUT2D eigenvalue weighted by molar-refractivity contribution is -0.138. The molecule has 1 saturated heterocycles. The van der Waals surface area contributed by atoms with Gasteiger partial charge >= 0.3 is 12.0 Å². The highest BCUT2D eigenvalue weighted by Gasteiger charge is 2.28. The van der Waals surface area contributed by atoms with Gasteiger partial charge in [-0.2, -0.15) is 0 Å². The second-order valence-electron chi connectivity index (χ2n) is 4.73. The predicted octanol–water partition coefficient (Wildman–Crippen LogP) is 3.43. The Bertz CT molecular complexity index is 538. The van der Waals surface area contributed by atoms with Gasteiger partial charge in [-0.15, -0.1) is 0 Å². The van der Waals surface area contributed by atoms with Crippen LogP contribution < -0.4 is 5.32 Å². The molecule has 1 aliphatic heterocycles. The number of likely N-dealkylation sites (tertiary alicyclic amines) is 1. The summed E-state index contributed by atoms with van der Waals surface area (Å²) in [6.45, 7) is 1.04. The molecule has 108 valence electrons. The van der Waals surface area contributed by atoms with Crippen molar-refractivity contribution in [3.8, 4) is 0 Å². The van der Waals surface area contributed by atoms with E-state index in [-0.39, 0.29) is 18.4 Å². The number of amides is 2. The van der Waals surface area contributed by atoms with Crippen molar-refractivity contribution in [3.05, 3.63) is 27.7 Å². The Morgan fingerprint density at radius 3 is 2.95 bits per heavy atom. The Morgan fingerprint density at radius 1 is 1.50 bits per heavy atom. The normalized spacial score (nSPS) is 18.1. The van der Waals surface area contributed by atoms with Crippen LogP contribution in [-0.4, -0.2) is 35.1 Å². The first-order chi connectivity index (χ1) is 9.47. The van der Waals surface area contributed by atoms with Crippen LogP contribution >= 0.6 is 27.5 Å². The summed E-state index contributed by atoms with van der Waals surface area (Å²) in [4.78, 5) is 24.4. The fourth-order valence-electron chi connectivity index (χ4n) is 2.23. The lowest BCUT2D eigenvalue weighted by atomic mass is 10.1. The fourth-order valence-corrected chi connectivity index (χ4v) is 2.76. The first-order valence-corrected chi connectivity index (χ1v) is 7.36. The third kappa shape index (κ3) is 3.64. The van der Waals surface area contributed by atoms with Crippen molar-refractivity contribution >= 4 is 45.2 Å². The Hall–Kier alpha value is -1.27. The number of halogens is 2. The number of aliphatic carboxylic acids is 1. The van der Waals surface area contributed by atoms with Gasteiger partial charge in [-0.1, -0.05) is 17.7 Å². The highest BCUT2D eigenvalue weighted by Crippen LogP contribution is 2.30. The second-order valence-corrected chi connectivity index (χ2v) is 5.93. The number of urea groups is 1. The largest absolute Gasteiger partial charge is 0.481 e. The van der Waals surface area contributed by atoms with Crippen molar-refractivity contribution in [2.45, 2.75) is 12.8 Å². The molecule has 1 heterocycles. The zero-order valence-corrected chi connectivity index (χ0v) is 12.9. The predicted molar refractivity (Wildman–Crippen MR) is 80.1 cm³/mol. The van der Waals surface area contributed by atoms with Crippen LogP contribution in [0.1, 0.15) is 12.8 Å². The standard InChI is InChI=1S/C13H14BrClN2O3/c14-12-9(15)2-1-3-10(12)16-13(20)17-5-4-8(7-17)6-11(18)19/h1-3,8H,4-7H2,(H,16,20)(H,18,19). The number of benzene rings is 1. The van der Waals surface area contributed by atoms with Gasteiger partial charge in [0, 0.05) is 19.5 Å². The molecule has 1 atom stereocenters. The summed E-state index contributed by atoms with van der Waals surface area (Å²) < 4.78 is 0.635. The molecule has 0 saturated carbocycles. The molecular formula is C13H14BrClN2O3. The molecule has 0 bridgehead atoms. The van der Waals surface area contributed by atoms with E-state index in [9.17, 15) is 9.59 Å². The minimum absolute atomic E-state index is 0.0288. The lowest BCUT2D eigenvalue weighted by Crippen LogP contribution is -2.33. The molecule has 7 heteroatoms. The molecule has 1 aromatic carbocycles. The van der Waals surface area contributed by atoms with Crippen LogP contribution in [0.25, 0.3) is 0 Å². The number of nitrogens with zero attached hydrogens (tertiary/aromatic N) is 1. The SMILES string of the molecule is O=C(O)CC1CCN(C(=O)Nc2cccc(Cl)c2Br)C1. The van der Waals surface area contributed by atoms with E-state index in [0.29, 0.717) is 28.3 Å². The van der Waals surface area contributed by atoms with Gasteiger partial charge in [0.15, 0.2) is 0 Å². The Balaban J connectivity index is 1.96. The van der Waals surface area contributed by atoms with E-state index in [4.69, 9.17) is 16.7 Å². The molecule has 1 fully saturated rings. The number of anilines is 1. The second kappa shape index (κ2) is 6.45. The molecule has 0 aliphatic carbocycles. The van der Waals surface area contributed by atoms with Crippen molar-refractivity contribution in [2.75, 3.05) is 18.4 Å². The molecule has 5 nitrogen and oxygen atoms in total. The number of carbonyl (C=O) groups is 2. The molecule has 1 aromatic rings. The maximum absolute atomic E-state index is 12.1. The summed E-state index contributed by atoms with van der Waals surface area (Å²) in [7, 11) is 0. The quantitative estimate of drug-likeness (QED) is 0.866. The summed E-state index contributed by atoms with van der Waals surface area (Å²) in [5, 5.41) is 12.1. The molecule has 0 spiro atoms. The summed E-state index contributed by atoms with van der Waals surface area (Å²) in [5.74, 6) is -0.795. The average Bonchev–Trinajstić information content (AvgIpc) is 2.82. The van der Waals surface area contributed by atoms with Gasteiger partial charge in [-0.3, -0.25) is 4.79 Å². The zero-order chi connectivity index (χ0) is 14.7. The smallest absolute Gasteiger partial charge is 0.321 e. The van der Waals surface area contributed by atoms with Crippen LogP contribution in [0.3, 0.4) is 0 Å². The van der Waals surface area contributed by atoms with Crippen LogP contribution in [-0.2, 0) is 4.79 Å². The third-order valence-corrected chi connectivity index (χ3v) is 4.63. The van der Waals surface area contributed by atoms with Gasteiger partial charge in [0.05, 0.1) is 15.2 Å². The van der Waals surface area contributed by atoms with Gasteiger partial charge in [0.1, 0.15) is 0 Å².